The van der Waals surface area contributed by atoms with Gasteiger partial charge >= 0.3 is 6.85 Å². The van der Waals surface area contributed by atoms with E-state index in [-0.39, 0.29) is 6.85 Å². The molecule has 0 atom stereocenters. The monoisotopic (exact) mass is 624 g/mol. The molecule has 8 aromatic carbocycles. The highest BCUT2D eigenvalue weighted by Gasteiger charge is 2.44. The molecule has 2 aliphatic heterocycles. The Balaban J connectivity index is 1.28. The maximum absolute atomic E-state index is 2.70. The molecule has 0 unspecified atom stereocenters. The number of nitrogens with zero attached hydrogens (tertiary/aromatic N) is 2. The topological polar surface area (TPSA) is 8.17 Å². The second kappa shape index (κ2) is 8.94. The minimum Gasteiger partial charge on any atom is -0.375 e. The average Bonchev–Trinajstić information content (AvgIpc) is 3.74. The Morgan fingerprint density at radius 3 is 1.96 bits per heavy atom. The van der Waals surface area contributed by atoms with Gasteiger partial charge in [0.2, 0.25) is 0 Å². The first-order chi connectivity index (χ1) is 23.8. The summed E-state index contributed by atoms with van der Waals surface area (Å²) in [5, 5.41) is 15.4. The lowest BCUT2D eigenvalue weighted by Crippen LogP contribution is -2.55. The smallest absolute Gasteiger partial charge is 0.333 e. The van der Waals surface area contributed by atoms with E-state index in [1.165, 1.54) is 103 Å². The molecule has 0 saturated heterocycles. The lowest BCUT2D eigenvalue weighted by atomic mass is 9.46. The molecule has 0 radical (unpaired) electrons. The summed E-state index contributed by atoms with van der Waals surface area (Å²) in [6.45, 7) is 0.0485. The van der Waals surface area contributed by atoms with Crippen molar-refractivity contribution in [1.29, 1.82) is 0 Å². The van der Waals surface area contributed by atoms with Gasteiger partial charge in [0.05, 0.1) is 5.69 Å². The molecule has 2 nitrogen and oxygen atoms in total. The fraction of sp³-hybridized carbons (Fsp3) is 0. The van der Waals surface area contributed by atoms with Crippen molar-refractivity contribution in [3.8, 4) is 10.4 Å². The van der Waals surface area contributed by atoms with Gasteiger partial charge < -0.3 is 9.38 Å². The highest BCUT2D eigenvalue weighted by molar-refractivity contribution is 7.17. The van der Waals surface area contributed by atoms with Gasteiger partial charge in [0.1, 0.15) is 0 Å². The molecule has 10 aromatic rings. The van der Waals surface area contributed by atoms with Gasteiger partial charge in [0.15, 0.2) is 0 Å². The van der Waals surface area contributed by atoms with Crippen molar-refractivity contribution in [3.05, 3.63) is 151 Å². The highest BCUT2D eigenvalue weighted by atomic mass is 32.1. The van der Waals surface area contributed by atoms with Crippen molar-refractivity contribution in [1.82, 2.24) is 4.48 Å². The molecule has 2 aliphatic rings. The standard InChI is InChI=1S/C44H25BN2S/c1-2-11-28-21-32(19-17-26(28)9-1)46-38-24-30-13-4-3-12-29(30)23-36(38)45-42-39(46)25-48-44(42)35-22-31-14-6-8-16-34(31)41-40-33-15-7-5-10-27(33)18-20-37(40)47(45)43(35)41/h1-25H. The Hall–Kier alpha value is -5.84. The normalized spacial score (nSPS) is 13.3. The summed E-state index contributed by atoms with van der Waals surface area (Å²) in [5.74, 6) is 0. The molecular weight excluding hydrogens is 599 g/mol. The van der Waals surface area contributed by atoms with Crippen LogP contribution in [-0.4, -0.2) is 11.3 Å². The number of thiophene rings is 1. The lowest BCUT2D eigenvalue weighted by Gasteiger charge is -2.38. The molecule has 0 fully saturated rings. The molecule has 4 heteroatoms. The fourth-order valence-electron chi connectivity index (χ4n) is 8.94. The number of hydrogen-bond donors (Lipinski definition) is 0. The van der Waals surface area contributed by atoms with Crippen molar-refractivity contribution >= 4 is 111 Å². The van der Waals surface area contributed by atoms with E-state index in [0.717, 1.165) is 0 Å². The quantitative estimate of drug-likeness (QED) is 0.165. The first-order valence-corrected chi connectivity index (χ1v) is 17.5. The van der Waals surface area contributed by atoms with Crippen LogP contribution in [0.5, 0.6) is 0 Å². The molecule has 0 bridgehead atoms. The predicted molar refractivity (Wildman–Crippen MR) is 208 cm³/mol. The molecule has 0 spiro atoms. The third-order valence-corrected chi connectivity index (χ3v) is 11.9. The average molecular weight is 625 g/mol. The molecule has 12 rings (SSSR count). The summed E-state index contributed by atoms with van der Waals surface area (Å²) < 4.78 is 2.70. The Labute approximate surface area is 280 Å². The largest absolute Gasteiger partial charge is 0.375 e. The number of aromatic nitrogens is 1. The van der Waals surface area contributed by atoms with Gasteiger partial charge in [-0.25, -0.2) is 0 Å². The number of hydrogen-bond acceptors (Lipinski definition) is 2. The summed E-state index contributed by atoms with van der Waals surface area (Å²) in [4.78, 5) is 3.92. The fourth-order valence-corrected chi connectivity index (χ4v) is 10.0. The van der Waals surface area contributed by atoms with E-state index < -0.39 is 0 Å². The van der Waals surface area contributed by atoms with Crippen LogP contribution in [-0.2, 0) is 0 Å². The van der Waals surface area contributed by atoms with Crippen molar-refractivity contribution in [3.63, 3.8) is 0 Å². The van der Waals surface area contributed by atoms with Crippen molar-refractivity contribution in [2.45, 2.75) is 0 Å². The molecule has 0 amide bonds. The van der Waals surface area contributed by atoms with Crippen LogP contribution in [0.15, 0.2) is 151 Å². The summed E-state index contributed by atoms with van der Waals surface area (Å²) in [6, 6.07) is 54.4. The molecular formula is C44H25BN2S. The lowest BCUT2D eigenvalue weighted by molar-refractivity contribution is 1.28. The van der Waals surface area contributed by atoms with E-state index in [4.69, 9.17) is 0 Å². The van der Waals surface area contributed by atoms with Crippen LogP contribution in [0.4, 0.5) is 17.1 Å². The SMILES string of the molecule is c1ccc2cc(N3c4cc5ccccc5cc4B4c5c3csc5-c3cc5ccccc5c5c6c7ccccc7ccc6n4c35)ccc2c1. The summed E-state index contributed by atoms with van der Waals surface area (Å²) in [5.41, 5.74) is 10.5. The molecule has 2 aromatic heterocycles. The zero-order chi connectivity index (χ0) is 31.1. The van der Waals surface area contributed by atoms with Gasteiger partial charge in [-0.3, -0.25) is 0 Å². The minimum atomic E-state index is 0.0485. The third-order valence-electron chi connectivity index (χ3n) is 10.9. The van der Waals surface area contributed by atoms with Crippen LogP contribution in [0.2, 0.25) is 0 Å². The molecule has 0 saturated carbocycles. The van der Waals surface area contributed by atoms with Gasteiger partial charge in [-0.1, -0.05) is 115 Å². The van der Waals surface area contributed by atoms with Gasteiger partial charge in [0.25, 0.3) is 0 Å². The maximum Gasteiger partial charge on any atom is 0.333 e. The number of rotatable bonds is 1. The van der Waals surface area contributed by atoms with E-state index in [0.29, 0.717) is 0 Å². The molecule has 48 heavy (non-hydrogen) atoms. The first-order valence-electron chi connectivity index (χ1n) is 16.6. The van der Waals surface area contributed by atoms with Gasteiger partial charge in [0, 0.05) is 49.0 Å². The van der Waals surface area contributed by atoms with E-state index in [1.54, 1.807) is 0 Å². The van der Waals surface area contributed by atoms with Gasteiger partial charge in [-0.2, -0.15) is 0 Å². The van der Waals surface area contributed by atoms with Crippen molar-refractivity contribution in [2.24, 2.45) is 0 Å². The highest BCUT2D eigenvalue weighted by Crippen LogP contribution is 2.50. The summed E-state index contributed by atoms with van der Waals surface area (Å²) in [6.07, 6.45) is 0. The van der Waals surface area contributed by atoms with Crippen LogP contribution >= 0.6 is 11.3 Å². The predicted octanol–water partition coefficient (Wildman–Crippen LogP) is 10.9. The summed E-state index contributed by atoms with van der Waals surface area (Å²) >= 11 is 1.90. The van der Waals surface area contributed by atoms with Crippen LogP contribution < -0.4 is 15.8 Å². The molecule has 0 aliphatic carbocycles. The maximum atomic E-state index is 2.70. The molecule has 4 heterocycles. The van der Waals surface area contributed by atoms with Crippen LogP contribution in [0.3, 0.4) is 0 Å². The Morgan fingerprint density at radius 2 is 1.15 bits per heavy atom. The Kier molecular flexibility index (Phi) is 4.71. The zero-order valence-electron chi connectivity index (χ0n) is 25.8. The number of anilines is 3. The van der Waals surface area contributed by atoms with Crippen LogP contribution in [0.1, 0.15) is 0 Å². The Morgan fingerprint density at radius 1 is 0.500 bits per heavy atom. The Bertz CT molecular complexity index is 3040. The van der Waals surface area contributed by atoms with Crippen molar-refractivity contribution in [2.75, 3.05) is 4.90 Å². The number of benzene rings is 8. The molecule has 220 valence electrons. The van der Waals surface area contributed by atoms with E-state index in [1.807, 2.05) is 11.3 Å². The van der Waals surface area contributed by atoms with Gasteiger partial charge in [-0.05, 0) is 84.3 Å². The second-order valence-electron chi connectivity index (χ2n) is 13.3. The van der Waals surface area contributed by atoms with E-state index >= 15 is 0 Å². The van der Waals surface area contributed by atoms with E-state index in [2.05, 4.69) is 160 Å². The zero-order valence-corrected chi connectivity index (χ0v) is 26.6. The minimum absolute atomic E-state index is 0.0485. The van der Waals surface area contributed by atoms with E-state index in [9.17, 15) is 0 Å². The third kappa shape index (κ3) is 3.09. The van der Waals surface area contributed by atoms with Crippen LogP contribution in [0.25, 0.3) is 75.3 Å². The summed E-state index contributed by atoms with van der Waals surface area (Å²) in [7, 11) is 0. The molecule has 0 N–H and O–H groups in total. The van der Waals surface area contributed by atoms with Crippen LogP contribution in [0, 0.1) is 0 Å². The van der Waals surface area contributed by atoms with Gasteiger partial charge in [-0.15, -0.1) is 11.3 Å². The second-order valence-corrected chi connectivity index (χ2v) is 14.2. The number of fused-ring (bicyclic) bond motifs is 13. The van der Waals surface area contributed by atoms with Crippen molar-refractivity contribution < 1.29 is 0 Å². The first kappa shape index (κ1) is 25.3.